The molecule has 3 rings (SSSR count). The Kier molecular flexibility index (Phi) is 8.52. The van der Waals surface area contributed by atoms with Gasteiger partial charge in [0.05, 0.1) is 0 Å². The van der Waals surface area contributed by atoms with E-state index in [0.29, 0.717) is 11.7 Å². The zero-order chi connectivity index (χ0) is 25.7. The molecule has 3 aromatic carbocycles. The molecule has 0 aliphatic heterocycles. The predicted molar refractivity (Wildman–Crippen MR) is 151 cm³/mol. The fourth-order valence-electron chi connectivity index (χ4n) is 8.10. The van der Waals surface area contributed by atoms with E-state index in [0.717, 1.165) is 31.2 Å². The van der Waals surface area contributed by atoms with Gasteiger partial charge < -0.3 is 5.11 Å². The molecule has 0 heterocycles. The minimum absolute atomic E-state index is 0.0364. The number of phenols is 1. The van der Waals surface area contributed by atoms with Gasteiger partial charge in [-0.15, -0.1) is 0 Å². The molecule has 0 aliphatic carbocycles. The average molecular weight is 471 g/mol. The molecule has 0 amide bonds. The average Bonchev–Trinajstić information content (AvgIpc) is 2.90. The fraction of sp³-hybridized carbons (Fsp3) is 0.471. The van der Waals surface area contributed by atoms with E-state index in [1.54, 1.807) is 0 Å². The van der Waals surface area contributed by atoms with Crippen molar-refractivity contribution in [2.45, 2.75) is 85.5 Å². The van der Waals surface area contributed by atoms with Crippen LogP contribution >= 0.6 is 0 Å². The van der Waals surface area contributed by atoms with Crippen molar-refractivity contribution < 1.29 is 5.11 Å². The number of aromatic hydroxyl groups is 1. The Hall–Kier alpha value is -2.54. The van der Waals surface area contributed by atoms with Crippen LogP contribution in [0.1, 0.15) is 96.8 Å². The molecule has 0 fully saturated rings. The van der Waals surface area contributed by atoms with Crippen LogP contribution < -0.4 is 0 Å². The third kappa shape index (κ3) is 4.02. The molecule has 1 heteroatoms. The maximum Gasteiger partial charge on any atom is 0.119 e. The zero-order valence-electron chi connectivity index (χ0n) is 23.0. The number of benzene rings is 3. The van der Waals surface area contributed by atoms with Gasteiger partial charge in [0.2, 0.25) is 0 Å². The molecule has 3 aromatic rings. The van der Waals surface area contributed by atoms with Gasteiger partial charge in [0.25, 0.3) is 0 Å². The van der Waals surface area contributed by atoms with Crippen molar-refractivity contribution in [1.29, 1.82) is 0 Å². The standard InChI is InChI=1S/C34H46O/c1-8-32(9-2,10-3)34(28-20-14-12-15-21-28,29-22-16-13-17-23-29)33(11-4,26(5)6)27(7)30-24-18-19-25-31(30)35/h12-27,35H,8-11H2,1-7H3. The maximum absolute atomic E-state index is 11.1. The molecular weight excluding hydrogens is 424 g/mol. The Bertz CT molecular complexity index is 1000. The van der Waals surface area contributed by atoms with Crippen LogP contribution in [0.2, 0.25) is 0 Å². The molecule has 0 spiro atoms. The van der Waals surface area contributed by atoms with Gasteiger partial charge in [-0.3, -0.25) is 0 Å². The Morgan fingerprint density at radius 3 is 1.40 bits per heavy atom. The van der Waals surface area contributed by atoms with Crippen molar-refractivity contribution in [3.05, 3.63) is 102 Å². The van der Waals surface area contributed by atoms with Gasteiger partial charge in [0.15, 0.2) is 0 Å². The van der Waals surface area contributed by atoms with E-state index in [9.17, 15) is 5.11 Å². The lowest BCUT2D eigenvalue weighted by Gasteiger charge is -2.65. The molecule has 2 unspecified atom stereocenters. The van der Waals surface area contributed by atoms with Crippen molar-refractivity contribution in [1.82, 2.24) is 0 Å². The molecule has 0 radical (unpaired) electrons. The van der Waals surface area contributed by atoms with Crippen molar-refractivity contribution in [2.24, 2.45) is 16.7 Å². The third-order valence-electron chi connectivity index (χ3n) is 9.73. The summed E-state index contributed by atoms with van der Waals surface area (Å²) in [4.78, 5) is 0. The monoisotopic (exact) mass is 470 g/mol. The second kappa shape index (κ2) is 11.0. The summed E-state index contributed by atoms with van der Waals surface area (Å²) in [6.07, 6.45) is 4.27. The minimum atomic E-state index is -0.259. The summed E-state index contributed by atoms with van der Waals surface area (Å²) in [5, 5.41) is 11.1. The van der Waals surface area contributed by atoms with Crippen LogP contribution in [-0.4, -0.2) is 5.11 Å². The van der Waals surface area contributed by atoms with Gasteiger partial charge in [-0.1, -0.05) is 127 Å². The lowest BCUT2D eigenvalue weighted by atomic mass is 9.37. The first-order valence-corrected chi connectivity index (χ1v) is 13.7. The fourth-order valence-corrected chi connectivity index (χ4v) is 8.10. The molecule has 188 valence electrons. The summed E-state index contributed by atoms with van der Waals surface area (Å²) in [6.45, 7) is 16.7. The van der Waals surface area contributed by atoms with Crippen LogP contribution in [0.25, 0.3) is 0 Å². The molecule has 0 aliphatic rings. The summed E-state index contributed by atoms with van der Waals surface area (Å²) in [7, 11) is 0. The largest absolute Gasteiger partial charge is 0.508 e. The Morgan fingerprint density at radius 2 is 1.03 bits per heavy atom. The molecule has 1 nitrogen and oxygen atoms in total. The van der Waals surface area contributed by atoms with Crippen molar-refractivity contribution in [3.8, 4) is 5.75 Å². The third-order valence-corrected chi connectivity index (χ3v) is 9.73. The van der Waals surface area contributed by atoms with E-state index >= 15 is 0 Å². The van der Waals surface area contributed by atoms with E-state index in [2.05, 4.69) is 121 Å². The highest BCUT2D eigenvalue weighted by Gasteiger charge is 2.64. The maximum atomic E-state index is 11.1. The molecule has 2 atom stereocenters. The van der Waals surface area contributed by atoms with Crippen LogP contribution in [0.5, 0.6) is 5.75 Å². The van der Waals surface area contributed by atoms with E-state index in [1.807, 2.05) is 12.1 Å². The highest BCUT2D eigenvalue weighted by atomic mass is 16.3. The molecule has 0 saturated heterocycles. The van der Waals surface area contributed by atoms with Gasteiger partial charge in [0.1, 0.15) is 5.75 Å². The second-order valence-electron chi connectivity index (χ2n) is 10.7. The second-order valence-corrected chi connectivity index (χ2v) is 10.7. The van der Waals surface area contributed by atoms with Crippen molar-refractivity contribution in [2.75, 3.05) is 0 Å². The summed E-state index contributed by atoms with van der Waals surface area (Å²) in [5.41, 5.74) is 3.47. The van der Waals surface area contributed by atoms with E-state index < -0.39 is 0 Å². The lowest BCUT2D eigenvalue weighted by molar-refractivity contribution is -0.0529. The quantitative estimate of drug-likeness (QED) is 0.296. The Morgan fingerprint density at radius 1 is 0.600 bits per heavy atom. The zero-order valence-corrected chi connectivity index (χ0v) is 23.0. The molecule has 35 heavy (non-hydrogen) atoms. The number of hydrogen-bond acceptors (Lipinski definition) is 1. The Labute approximate surface area is 214 Å². The minimum Gasteiger partial charge on any atom is -0.508 e. The SMILES string of the molecule is CCC(CC)(CC)C(c1ccccc1)(c1ccccc1)C(CC)(C(C)C)C(C)c1ccccc1O. The number of hydrogen-bond donors (Lipinski definition) is 1. The van der Waals surface area contributed by atoms with E-state index in [4.69, 9.17) is 0 Å². The van der Waals surface area contributed by atoms with Gasteiger partial charge in [-0.05, 0) is 71.1 Å². The highest BCUT2D eigenvalue weighted by molar-refractivity contribution is 5.49. The van der Waals surface area contributed by atoms with Crippen LogP contribution in [0.3, 0.4) is 0 Å². The van der Waals surface area contributed by atoms with Crippen LogP contribution in [-0.2, 0) is 5.41 Å². The Balaban J connectivity index is 2.62. The summed E-state index contributed by atoms with van der Waals surface area (Å²) in [6, 6.07) is 30.6. The highest BCUT2D eigenvalue weighted by Crippen LogP contribution is 2.69. The molecule has 1 N–H and O–H groups in total. The van der Waals surface area contributed by atoms with Crippen LogP contribution in [0.15, 0.2) is 84.9 Å². The van der Waals surface area contributed by atoms with E-state index in [1.165, 1.54) is 11.1 Å². The van der Waals surface area contributed by atoms with Gasteiger partial charge >= 0.3 is 0 Å². The van der Waals surface area contributed by atoms with Crippen molar-refractivity contribution in [3.63, 3.8) is 0 Å². The normalized spacial score (nSPS) is 15.1. The first-order chi connectivity index (χ1) is 16.8. The first kappa shape index (κ1) is 27.1. The smallest absolute Gasteiger partial charge is 0.119 e. The first-order valence-electron chi connectivity index (χ1n) is 13.7. The van der Waals surface area contributed by atoms with Crippen molar-refractivity contribution >= 4 is 0 Å². The summed E-state index contributed by atoms with van der Waals surface area (Å²) < 4.78 is 0. The van der Waals surface area contributed by atoms with Gasteiger partial charge in [-0.2, -0.15) is 0 Å². The number of phenolic OH excluding ortho intramolecular Hbond substituents is 1. The van der Waals surface area contributed by atoms with Crippen LogP contribution in [0, 0.1) is 16.7 Å². The summed E-state index contributed by atoms with van der Waals surface area (Å²) >= 11 is 0. The number of para-hydroxylation sites is 1. The van der Waals surface area contributed by atoms with Gasteiger partial charge in [-0.25, -0.2) is 0 Å². The van der Waals surface area contributed by atoms with Crippen LogP contribution in [0.4, 0.5) is 0 Å². The van der Waals surface area contributed by atoms with Gasteiger partial charge in [0, 0.05) is 5.41 Å². The number of rotatable bonds is 11. The lowest BCUT2D eigenvalue weighted by Crippen LogP contribution is -2.61. The molecule has 0 saturated carbocycles. The summed E-state index contributed by atoms with van der Waals surface area (Å²) in [5.74, 6) is 0.910. The predicted octanol–water partition coefficient (Wildman–Crippen LogP) is 9.75. The van der Waals surface area contributed by atoms with E-state index in [-0.39, 0.29) is 22.2 Å². The molecule has 0 aromatic heterocycles. The topological polar surface area (TPSA) is 20.2 Å². The molecular formula is C34H46O. The molecule has 0 bridgehead atoms.